The smallest absolute Gasteiger partial charge is 0.341 e. The SMILES string of the molecule is CN(Cc1cc(-c2cccc(C#N)c2)c(OCC(=O)O)cc1F)S(=O)(=O)c1ccc(F)cc1. The predicted octanol–water partition coefficient (Wildman–Crippen LogP) is 3.79. The van der Waals surface area contributed by atoms with E-state index in [1.807, 2.05) is 6.07 Å². The molecule has 0 saturated heterocycles. The van der Waals surface area contributed by atoms with E-state index in [-0.39, 0.29) is 28.3 Å². The van der Waals surface area contributed by atoms with Crippen LogP contribution in [0, 0.1) is 23.0 Å². The minimum atomic E-state index is -4.04. The van der Waals surface area contributed by atoms with Crippen LogP contribution >= 0.6 is 0 Å². The van der Waals surface area contributed by atoms with Crippen LogP contribution in [-0.2, 0) is 21.4 Å². The number of carboxylic acid groups (broad SMARTS) is 1. The maximum atomic E-state index is 14.9. The zero-order valence-electron chi connectivity index (χ0n) is 17.3. The van der Waals surface area contributed by atoms with Gasteiger partial charge in [-0.25, -0.2) is 22.0 Å². The Morgan fingerprint density at radius 1 is 1.12 bits per heavy atom. The molecule has 0 fully saturated rings. The summed E-state index contributed by atoms with van der Waals surface area (Å²) in [6.45, 7) is -1.09. The average Bonchev–Trinajstić information content (AvgIpc) is 2.79. The van der Waals surface area contributed by atoms with Gasteiger partial charge in [-0.1, -0.05) is 12.1 Å². The molecule has 170 valence electrons. The number of aliphatic carboxylic acids is 1. The Morgan fingerprint density at radius 2 is 1.82 bits per heavy atom. The zero-order chi connectivity index (χ0) is 24.2. The van der Waals surface area contributed by atoms with Gasteiger partial charge in [0.1, 0.15) is 17.4 Å². The van der Waals surface area contributed by atoms with Crippen LogP contribution in [0.3, 0.4) is 0 Å². The molecule has 0 saturated carbocycles. The van der Waals surface area contributed by atoms with E-state index in [0.29, 0.717) is 11.1 Å². The quantitative estimate of drug-likeness (QED) is 0.535. The second-order valence-electron chi connectivity index (χ2n) is 7.03. The van der Waals surface area contributed by atoms with Crippen LogP contribution in [0.1, 0.15) is 11.1 Å². The summed E-state index contributed by atoms with van der Waals surface area (Å²) < 4.78 is 59.8. The van der Waals surface area contributed by atoms with Gasteiger partial charge in [0, 0.05) is 30.8 Å². The van der Waals surface area contributed by atoms with Gasteiger partial charge >= 0.3 is 5.97 Å². The fourth-order valence-electron chi connectivity index (χ4n) is 3.07. The van der Waals surface area contributed by atoms with Crippen LogP contribution in [0.25, 0.3) is 11.1 Å². The summed E-state index contributed by atoms with van der Waals surface area (Å²) in [6.07, 6.45) is 0. The Hall–Kier alpha value is -3.81. The molecule has 1 N–H and O–H groups in total. The number of hydrogen-bond donors (Lipinski definition) is 1. The molecule has 0 aliphatic carbocycles. The van der Waals surface area contributed by atoms with E-state index in [0.717, 1.165) is 34.6 Å². The van der Waals surface area contributed by atoms with E-state index in [9.17, 15) is 27.3 Å². The molecule has 3 rings (SSSR count). The summed E-state index contributed by atoms with van der Waals surface area (Å²) in [5.41, 5.74) is 1.05. The number of carbonyl (C=O) groups is 1. The van der Waals surface area contributed by atoms with Gasteiger partial charge in [0.15, 0.2) is 6.61 Å². The van der Waals surface area contributed by atoms with Gasteiger partial charge in [-0.3, -0.25) is 0 Å². The van der Waals surface area contributed by atoms with Crippen molar-refractivity contribution in [1.29, 1.82) is 5.26 Å². The van der Waals surface area contributed by atoms with Gasteiger partial charge in [0.25, 0.3) is 0 Å². The molecule has 0 aromatic heterocycles. The van der Waals surface area contributed by atoms with Gasteiger partial charge in [0.05, 0.1) is 16.5 Å². The van der Waals surface area contributed by atoms with Crippen molar-refractivity contribution in [3.8, 4) is 22.9 Å². The standard InChI is InChI=1S/C23H18F2N2O5S/c1-27(33(30,31)19-7-5-18(24)6-8-19)13-17-10-20(16-4-2-3-15(9-16)12-26)22(11-21(17)25)32-14-23(28)29/h2-11H,13-14H2,1H3,(H,28,29). The van der Waals surface area contributed by atoms with Crippen molar-refractivity contribution in [3.63, 3.8) is 0 Å². The van der Waals surface area contributed by atoms with Crippen LogP contribution in [0.4, 0.5) is 8.78 Å². The second kappa shape index (κ2) is 9.77. The summed E-state index contributed by atoms with van der Waals surface area (Å²) in [5.74, 6) is -2.74. The van der Waals surface area contributed by atoms with Crippen LogP contribution in [-0.4, -0.2) is 37.5 Å². The highest BCUT2D eigenvalue weighted by Gasteiger charge is 2.23. The van der Waals surface area contributed by atoms with Gasteiger partial charge < -0.3 is 9.84 Å². The highest BCUT2D eigenvalue weighted by atomic mass is 32.2. The molecule has 33 heavy (non-hydrogen) atoms. The summed E-state index contributed by atoms with van der Waals surface area (Å²) in [5, 5.41) is 18.1. The minimum Gasteiger partial charge on any atom is -0.481 e. The van der Waals surface area contributed by atoms with Crippen molar-refractivity contribution in [2.75, 3.05) is 13.7 Å². The first-order valence-electron chi connectivity index (χ1n) is 9.51. The average molecular weight is 472 g/mol. The number of rotatable bonds is 8. The van der Waals surface area contributed by atoms with Crippen molar-refractivity contribution >= 4 is 16.0 Å². The summed E-state index contributed by atoms with van der Waals surface area (Å²) >= 11 is 0. The Kier molecular flexibility index (Phi) is 7.06. The maximum Gasteiger partial charge on any atom is 0.341 e. The van der Waals surface area contributed by atoms with E-state index >= 15 is 0 Å². The Bertz CT molecular complexity index is 1340. The highest BCUT2D eigenvalue weighted by molar-refractivity contribution is 7.89. The molecule has 0 aliphatic rings. The molecule has 0 aliphatic heterocycles. The van der Waals surface area contributed by atoms with Crippen LogP contribution < -0.4 is 4.74 Å². The van der Waals surface area contributed by atoms with Crippen molar-refractivity contribution in [3.05, 3.63) is 83.4 Å². The molecule has 10 heteroatoms. The monoisotopic (exact) mass is 472 g/mol. The third-order valence-electron chi connectivity index (χ3n) is 4.72. The van der Waals surface area contributed by atoms with Crippen molar-refractivity contribution in [1.82, 2.24) is 4.31 Å². The largest absolute Gasteiger partial charge is 0.481 e. The third-order valence-corrected chi connectivity index (χ3v) is 6.53. The third kappa shape index (κ3) is 5.52. The van der Waals surface area contributed by atoms with Gasteiger partial charge in [-0.05, 0) is 48.0 Å². The van der Waals surface area contributed by atoms with Crippen LogP contribution in [0.5, 0.6) is 5.75 Å². The lowest BCUT2D eigenvalue weighted by Crippen LogP contribution is -2.27. The first-order valence-corrected chi connectivity index (χ1v) is 11.0. The molecular formula is C23H18F2N2O5S. The Balaban J connectivity index is 2.02. The highest BCUT2D eigenvalue weighted by Crippen LogP contribution is 2.34. The number of nitrogens with zero attached hydrogens (tertiary/aromatic N) is 2. The molecular weight excluding hydrogens is 454 g/mol. The predicted molar refractivity (Wildman–Crippen MR) is 115 cm³/mol. The Labute approximate surface area is 189 Å². The summed E-state index contributed by atoms with van der Waals surface area (Å²) in [7, 11) is -2.79. The molecule has 0 heterocycles. The van der Waals surface area contributed by atoms with Crippen molar-refractivity contribution in [2.45, 2.75) is 11.4 Å². The van der Waals surface area contributed by atoms with Crippen LogP contribution in [0.2, 0.25) is 0 Å². The van der Waals surface area contributed by atoms with Gasteiger partial charge in [-0.2, -0.15) is 9.57 Å². The number of carboxylic acids is 1. The number of halogens is 2. The summed E-state index contributed by atoms with van der Waals surface area (Å²) in [6, 6.07) is 14.9. The van der Waals surface area contributed by atoms with E-state index in [1.165, 1.54) is 19.2 Å². The fraction of sp³-hybridized carbons (Fsp3) is 0.130. The Morgan fingerprint density at radius 3 is 2.45 bits per heavy atom. The maximum absolute atomic E-state index is 14.9. The second-order valence-corrected chi connectivity index (χ2v) is 9.07. The number of sulfonamides is 1. The number of nitriles is 1. The molecule has 3 aromatic carbocycles. The first kappa shape index (κ1) is 23.8. The van der Waals surface area contributed by atoms with Gasteiger partial charge in [0.2, 0.25) is 10.0 Å². The van der Waals surface area contributed by atoms with Crippen LogP contribution in [0.15, 0.2) is 65.6 Å². The van der Waals surface area contributed by atoms with E-state index in [4.69, 9.17) is 9.84 Å². The molecule has 0 spiro atoms. The topological polar surface area (TPSA) is 108 Å². The van der Waals surface area contributed by atoms with E-state index in [1.54, 1.807) is 18.2 Å². The number of benzene rings is 3. The van der Waals surface area contributed by atoms with Crippen molar-refractivity contribution in [2.24, 2.45) is 0 Å². The lowest BCUT2D eigenvalue weighted by Gasteiger charge is -2.19. The molecule has 7 nitrogen and oxygen atoms in total. The minimum absolute atomic E-state index is 0.0109. The van der Waals surface area contributed by atoms with Gasteiger partial charge in [-0.15, -0.1) is 0 Å². The molecule has 0 bridgehead atoms. The molecule has 0 radical (unpaired) electrons. The molecule has 0 atom stereocenters. The fourth-order valence-corrected chi connectivity index (χ4v) is 4.22. The summed E-state index contributed by atoms with van der Waals surface area (Å²) in [4.78, 5) is 10.8. The lowest BCUT2D eigenvalue weighted by molar-refractivity contribution is -0.139. The molecule has 0 unspecified atom stereocenters. The first-order chi connectivity index (χ1) is 15.6. The van der Waals surface area contributed by atoms with E-state index < -0.39 is 34.2 Å². The zero-order valence-corrected chi connectivity index (χ0v) is 18.1. The molecule has 3 aromatic rings. The normalized spacial score (nSPS) is 11.2. The van der Waals surface area contributed by atoms with E-state index in [2.05, 4.69) is 0 Å². The van der Waals surface area contributed by atoms with Crippen molar-refractivity contribution < 1.29 is 31.8 Å². The molecule has 0 amide bonds. The number of ether oxygens (including phenoxy) is 1. The number of hydrogen-bond acceptors (Lipinski definition) is 5. The lowest BCUT2D eigenvalue weighted by atomic mass is 9.99.